The fourth-order valence-electron chi connectivity index (χ4n) is 3.44. The molecule has 0 spiro atoms. The van der Waals surface area contributed by atoms with Gasteiger partial charge < -0.3 is 15.2 Å². The summed E-state index contributed by atoms with van der Waals surface area (Å²) in [6.07, 6.45) is 5.91. The van der Waals surface area contributed by atoms with E-state index in [1.54, 1.807) is 48.5 Å². The molecular formula is C26H24N4O2. The topological polar surface area (TPSA) is 78.1 Å². The fourth-order valence-corrected chi connectivity index (χ4v) is 3.44. The molecule has 0 atom stereocenters. The Balaban J connectivity index is 1.60. The predicted octanol–water partition coefficient (Wildman–Crippen LogP) is 4.03. The maximum Gasteiger partial charge on any atom is 0.270 e. The Morgan fingerprint density at radius 1 is 1.00 bits per heavy atom. The number of benzene rings is 2. The van der Waals surface area contributed by atoms with Crippen LogP contribution in [0, 0.1) is 0 Å². The molecule has 2 aromatic heterocycles. The number of hydrogen-bond donors (Lipinski definition) is 2. The second-order valence-corrected chi connectivity index (χ2v) is 7.47. The zero-order valence-corrected chi connectivity index (χ0v) is 17.8. The highest BCUT2D eigenvalue weighted by molar-refractivity contribution is 6.06. The van der Waals surface area contributed by atoms with Gasteiger partial charge in [-0.2, -0.15) is 0 Å². The van der Waals surface area contributed by atoms with E-state index in [1.165, 1.54) is 0 Å². The van der Waals surface area contributed by atoms with Crippen molar-refractivity contribution >= 4 is 28.8 Å². The molecule has 2 N–H and O–H groups in total. The Kier molecular flexibility index (Phi) is 6.41. The molecule has 0 unspecified atom stereocenters. The van der Waals surface area contributed by atoms with Crippen LogP contribution in [-0.2, 0) is 11.2 Å². The number of aromatic nitrogens is 2. The van der Waals surface area contributed by atoms with Gasteiger partial charge in [-0.05, 0) is 36.4 Å². The number of hydrogen-bond acceptors (Lipinski definition) is 3. The zero-order chi connectivity index (χ0) is 22.3. The van der Waals surface area contributed by atoms with E-state index in [0.29, 0.717) is 18.5 Å². The van der Waals surface area contributed by atoms with Gasteiger partial charge in [0.05, 0.1) is 0 Å². The normalized spacial score (nSPS) is 11.3. The van der Waals surface area contributed by atoms with Crippen LogP contribution in [-0.4, -0.2) is 40.3 Å². The molecule has 6 heteroatoms. The van der Waals surface area contributed by atoms with Gasteiger partial charge in [0, 0.05) is 60.1 Å². The monoisotopic (exact) mass is 424 g/mol. The molecule has 6 nitrogen and oxygen atoms in total. The first kappa shape index (κ1) is 21.1. The van der Waals surface area contributed by atoms with Crippen LogP contribution in [0.2, 0.25) is 0 Å². The molecule has 4 aromatic rings. The lowest BCUT2D eigenvalue weighted by molar-refractivity contribution is -0.126. The first-order valence-electron chi connectivity index (χ1n) is 10.4. The van der Waals surface area contributed by atoms with Crippen LogP contribution in [0.1, 0.15) is 21.6 Å². The van der Waals surface area contributed by atoms with Crippen LogP contribution < -0.4 is 5.32 Å². The lowest BCUT2D eigenvalue weighted by Gasteiger charge is -2.19. The predicted molar refractivity (Wildman–Crippen MR) is 126 cm³/mol. The Hall–Kier alpha value is -4.19. The van der Waals surface area contributed by atoms with Crippen molar-refractivity contribution in [3.8, 4) is 0 Å². The molecule has 0 bridgehead atoms. The molecule has 2 aromatic carbocycles. The van der Waals surface area contributed by atoms with Crippen LogP contribution in [0.5, 0.6) is 0 Å². The molecule has 0 radical (unpaired) electrons. The standard InChI is InChI=1S/C26H24N4O2/c1-30(16-14-21-11-7-8-15-27-21)26(32)24(29-25(31)19-9-3-2-4-10-19)17-20-18-28-23-13-6-5-12-22(20)23/h2-13,15,17-18,28H,14,16H2,1H3,(H,29,31). The molecule has 2 amide bonds. The second-order valence-electron chi connectivity index (χ2n) is 7.47. The number of amides is 2. The van der Waals surface area contributed by atoms with E-state index >= 15 is 0 Å². The highest BCUT2D eigenvalue weighted by Crippen LogP contribution is 2.20. The van der Waals surface area contributed by atoms with Gasteiger partial charge in [-0.25, -0.2) is 0 Å². The van der Waals surface area contributed by atoms with E-state index in [2.05, 4.69) is 15.3 Å². The van der Waals surface area contributed by atoms with Gasteiger partial charge in [0.15, 0.2) is 0 Å². The summed E-state index contributed by atoms with van der Waals surface area (Å²) in [5, 5.41) is 3.79. The number of rotatable bonds is 7. The summed E-state index contributed by atoms with van der Waals surface area (Å²) in [6, 6.07) is 22.4. The minimum Gasteiger partial charge on any atom is -0.361 e. The van der Waals surface area contributed by atoms with Crippen LogP contribution in [0.4, 0.5) is 0 Å². The van der Waals surface area contributed by atoms with E-state index < -0.39 is 0 Å². The molecule has 0 aliphatic rings. The largest absolute Gasteiger partial charge is 0.361 e. The van der Waals surface area contributed by atoms with Gasteiger partial charge in [0.2, 0.25) is 0 Å². The van der Waals surface area contributed by atoms with Crippen molar-refractivity contribution in [3.05, 3.63) is 108 Å². The number of fused-ring (bicyclic) bond motifs is 1. The quantitative estimate of drug-likeness (QED) is 0.440. The number of nitrogens with one attached hydrogen (secondary N) is 2. The van der Waals surface area contributed by atoms with Crippen LogP contribution in [0.25, 0.3) is 17.0 Å². The lowest BCUT2D eigenvalue weighted by Crippen LogP contribution is -2.37. The summed E-state index contributed by atoms with van der Waals surface area (Å²) in [7, 11) is 1.73. The van der Waals surface area contributed by atoms with Crippen LogP contribution >= 0.6 is 0 Å². The fraction of sp³-hybridized carbons (Fsp3) is 0.115. The number of carbonyl (C=O) groups excluding carboxylic acids is 2. The molecule has 2 heterocycles. The van der Waals surface area contributed by atoms with Gasteiger partial charge in [-0.1, -0.05) is 42.5 Å². The Bertz CT molecular complexity index is 1250. The molecular weight excluding hydrogens is 400 g/mol. The minimum atomic E-state index is -0.330. The highest BCUT2D eigenvalue weighted by Gasteiger charge is 2.19. The molecule has 0 aliphatic carbocycles. The Morgan fingerprint density at radius 3 is 2.53 bits per heavy atom. The summed E-state index contributed by atoms with van der Waals surface area (Å²) in [5.74, 6) is -0.598. The third-order valence-electron chi connectivity index (χ3n) is 5.21. The average molecular weight is 425 g/mol. The van der Waals surface area contributed by atoms with Gasteiger partial charge >= 0.3 is 0 Å². The molecule has 0 saturated heterocycles. The summed E-state index contributed by atoms with van der Waals surface area (Å²) >= 11 is 0. The van der Waals surface area contributed by atoms with E-state index in [-0.39, 0.29) is 17.5 Å². The van der Waals surface area contributed by atoms with Crippen molar-refractivity contribution in [2.24, 2.45) is 0 Å². The van der Waals surface area contributed by atoms with Crippen molar-refractivity contribution in [1.82, 2.24) is 20.2 Å². The molecule has 0 fully saturated rings. The van der Waals surface area contributed by atoms with Crippen LogP contribution in [0.3, 0.4) is 0 Å². The minimum absolute atomic E-state index is 0.215. The van der Waals surface area contributed by atoms with E-state index in [4.69, 9.17) is 0 Å². The zero-order valence-electron chi connectivity index (χ0n) is 17.8. The number of carbonyl (C=O) groups is 2. The maximum atomic E-state index is 13.3. The smallest absolute Gasteiger partial charge is 0.270 e. The Labute approximate surface area is 186 Å². The highest BCUT2D eigenvalue weighted by atomic mass is 16.2. The maximum absolute atomic E-state index is 13.3. The molecule has 0 saturated carbocycles. The van der Waals surface area contributed by atoms with Crippen molar-refractivity contribution < 1.29 is 9.59 Å². The van der Waals surface area contributed by atoms with Crippen molar-refractivity contribution in [1.29, 1.82) is 0 Å². The molecule has 0 aliphatic heterocycles. The average Bonchev–Trinajstić information content (AvgIpc) is 3.25. The first-order valence-corrected chi connectivity index (χ1v) is 10.4. The summed E-state index contributed by atoms with van der Waals surface area (Å²) < 4.78 is 0. The third-order valence-corrected chi connectivity index (χ3v) is 5.21. The summed E-state index contributed by atoms with van der Waals surface area (Å²) in [5.41, 5.74) is 3.40. The number of H-pyrrole nitrogens is 1. The van der Waals surface area contributed by atoms with E-state index in [0.717, 1.165) is 22.2 Å². The Morgan fingerprint density at radius 2 is 1.75 bits per heavy atom. The molecule has 4 rings (SSSR count). The summed E-state index contributed by atoms with van der Waals surface area (Å²) in [6.45, 7) is 0.474. The molecule has 160 valence electrons. The van der Waals surface area contributed by atoms with Crippen molar-refractivity contribution in [2.45, 2.75) is 6.42 Å². The lowest BCUT2D eigenvalue weighted by atomic mass is 10.1. The third kappa shape index (κ3) is 4.92. The second kappa shape index (κ2) is 9.75. The van der Waals surface area contributed by atoms with Crippen LogP contribution in [0.15, 0.2) is 90.9 Å². The van der Waals surface area contributed by atoms with E-state index in [1.807, 2.05) is 54.7 Å². The molecule has 32 heavy (non-hydrogen) atoms. The first-order chi connectivity index (χ1) is 15.6. The van der Waals surface area contributed by atoms with Crippen molar-refractivity contribution in [2.75, 3.05) is 13.6 Å². The van der Waals surface area contributed by atoms with Gasteiger partial charge in [-0.15, -0.1) is 0 Å². The van der Waals surface area contributed by atoms with Crippen molar-refractivity contribution in [3.63, 3.8) is 0 Å². The van der Waals surface area contributed by atoms with Gasteiger partial charge in [-0.3, -0.25) is 14.6 Å². The summed E-state index contributed by atoms with van der Waals surface area (Å²) in [4.78, 5) is 35.2. The van der Waals surface area contributed by atoms with Gasteiger partial charge in [0.1, 0.15) is 5.70 Å². The number of likely N-dealkylation sites (N-methyl/N-ethyl adjacent to an activating group) is 1. The van der Waals surface area contributed by atoms with Gasteiger partial charge in [0.25, 0.3) is 11.8 Å². The number of nitrogens with zero attached hydrogens (tertiary/aromatic N) is 2. The number of para-hydroxylation sites is 1. The SMILES string of the molecule is CN(CCc1ccccn1)C(=O)C(=Cc1c[nH]c2ccccc12)NC(=O)c1ccccc1. The number of aromatic amines is 1. The van der Waals surface area contributed by atoms with E-state index in [9.17, 15) is 9.59 Å². The number of pyridine rings is 1.